The molecule has 0 saturated heterocycles. The standard InChI is InChI=1S/C22H21ClF2N4O2S/c1-12-8-13(2)28-21(18(12)10-26)32-11-20(30)27-7-6-16-14(3)29-19-5-4-15(9-17(16)19)31-22(23,24)25/h4-5,8-9,29H,6-7,11H2,1-3H3,(H,27,30). The number of aryl methyl sites for hydroxylation is 3. The lowest BCUT2D eigenvalue weighted by Crippen LogP contribution is -2.27. The van der Waals surface area contributed by atoms with Crippen LogP contribution in [0.2, 0.25) is 0 Å². The number of carbonyl (C=O) groups excluding carboxylic acids is 1. The zero-order chi connectivity index (χ0) is 23.5. The fourth-order valence-electron chi connectivity index (χ4n) is 3.44. The van der Waals surface area contributed by atoms with Crippen molar-refractivity contribution in [3.8, 4) is 11.8 Å². The fraction of sp³-hybridized carbons (Fsp3) is 0.318. The molecule has 0 aliphatic carbocycles. The van der Waals surface area contributed by atoms with Crippen LogP contribution in [-0.4, -0.2) is 33.7 Å². The second kappa shape index (κ2) is 9.76. The maximum atomic E-state index is 13.0. The molecule has 0 aliphatic heterocycles. The molecule has 1 amide bonds. The van der Waals surface area contributed by atoms with Crippen LogP contribution in [0.15, 0.2) is 29.3 Å². The summed E-state index contributed by atoms with van der Waals surface area (Å²) in [6.07, 6.45) is 0.494. The van der Waals surface area contributed by atoms with Crippen molar-refractivity contribution in [2.75, 3.05) is 12.3 Å². The summed E-state index contributed by atoms with van der Waals surface area (Å²) in [7, 11) is 0. The molecular formula is C22H21ClF2N4O2S. The number of carbonyl (C=O) groups is 1. The molecule has 0 atom stereocenters. The Balaban J connectivity index is 1.62. The van der Waals surface area contributed by atoms with Gasteiger partial charge in [0.1, 0.15) is 16.8 Å². The van der Waals surface area contributed by atoms with E-state index in [0.29, 0.717) is 23.6 Å². The second-order valence-corrected chi connectivity index (χ2v) is 8.65. The van der Waals surface area contributed by atoms with Gasteiger partial charge in [0.25, 0.3) is 0 Å². The van der Waals surface area contributed by atoms with Gasteiger partial charge in [0.05, 0.1) is 11.3 Å². The van der Waals surface area contributed by atoms with Gasteiger partial charge in [0.2, 0.25) is 5.91 Å². The van der Waals surface area contributed by atoms with Gasteiger partial charge < -0.3 is 15.0 Å². The molecule has 6 nitrogen and oxygen atoms in total. The fourth-order valence-corrected chi connectivity index (χ4v) is 4.45. The quantitative estimate of drug-likeness (QED) is 0.352. The van der Waals surface area contributed by atoms with E-state index in [1.165, 1.54) is 23.9 Å². The number of nitrogens with one attached hydrogen (secondary N) is 2. The van der Waals surface area contributed by atoms with E-state index in [2.05, 4.69) is 26.1 Å². The number of fused-ring (bicyclic) bond motifs is 1. The average Bonchev–Trinajstić information content (AvgIpc) is 2.99. The van der Waals surface area contributed by atoms with E-state index >= 15 is 0 Å². The number of benzene rings is 1. The number of amides is 1. The van der Waals surface area contributed by atoms with Crippen molar-refractivity contribution < 1.29 is 18.3 Å². The third-order valence-electron chi connectivity index (χ3n) is 4.79. The van der Waals surface area contributed by atoms with Crippen LogP contribution in [0.1, 0.15) is 28.1 Å². The smallest absolute Gasteiger partial charge is 0.420 e. The summed E-state index contributed by atoms with van der Waals surface area (Å²) in [5, 5.41) is 13.4. The van der Waals surface area contributed by atoms with Crippen molar-refractivity contribution in [2.24, 2.45) is 0 Å². The van der Waals surface area contributed by atoms with Gasteiger partial charge in [-0.1, -0.05) is 11.8 Å². The summed E-state index contributed by atoms with van der Waals surface area (Å²) in [6.45, 7) is 5.91. The number of pyridine rings is 1. The Morgan fingerprint density at radius 3 is 2.78 bits per heavy atom. The SMILES string of the molecule is Cc1cc(C)c(C#N)c(SCC(=O)NCCc2c(C)[nH]c3ccc(OC(F)(F)Cl)cc23)n1. The normalized spacial score (nSPS) is 11.4. The van der Waals surface area contributed by atoms with Crippen molar-refractivity contribution in [3.05, 3.63) is 52.3 Å². The van der Waals surface area contributed by atoms with Crippen LogP contribution < -0.4 is 10.1 Å². The van der Waals surface area contributed by atoms with Crippen molar-refractivity contribution in [2.45, 2.75) is 37.8 Å². The molecule has 3 aromatic rings. The highest BCUT2D eigenvalue weighted by molar-refractivity contribution is 8.00. The predicted octanol–water partition coefficient (Wildman–Crippen LogP) is 4.98. The van der Waals surface area contributed by atoms with Crippen molar-refractivity contribution in [1.29, 1.82) is 5.26 Å². The summed E-state index contributed by atoms with van der Waals surface area (Å²) >= 11 is 6.07. The lowest BCUT2D eigenvalue weighted by atomic mass is 10.1. The summed E-state index contributed by atoms with van der Waals surface area (Å²) < 4.78 is 30.4. The van der Waals surface area contributed by atoms with Gasteiger partial charge in [-0.25, -0.2) is 4.98 Å². The van der Waals surface area contributed by atoms with Crippen LogP contribution in [0, 0.1) is 32.1 Å². The predicted molar refractivity (Wildman–Crippen MR) is 120 cm³/mol. The number of aromatic nitrogens is 2. The molecule has 168 valence electrons. The van der Waals surface area contributed by atoms with Crippen LogP contribution >= 0.6 is 23.4 Å². The second-order valence-electron chi connectivity index (χ2n) is 7.24. The first-order valence-corrected chi connectivity index (χ1v) is 11.1. The Hall–Kier alpha value is -2.83. The van der Waals surface area contributed by atoms with Gasteiger partial charge >= 0.3 is 5.57 Å². The lowest BCUT2D eigenvalue weighted by Gasteiger charge is -2.11. The van der Waals surface area contributed by atoms with E-state index in [9.17, 15) is 18.8 Å². The van der Waals surface area contributed by atoms with Crippen molar-refractivity contribution in [3.63, 3.8) is 0 Å². The monoisotopic (exact) mass is 478 g/mol. The number of aromatic amines is 1. The van der Waals surface area contributed by atoms with Gasteiger partial charge in [-0.2, -0.15) is 5.26 Å². The van der Waals surface area contributed by atoms with Crippen LogP contribution in [0.3, 0.4) is 0 Å². The first-order chi connectivity index (χ1) is 15.1. The number of ether oxygens (including phenoxy) is 1. The number of nitrogens with zero attached hydrogens (tertiary/aromatic N) is 2. The Labute approximate surface area is 193 Å². The summed E-state index contributed by atoms with van der Waals surface area (Å²) in [5.41, 5.74) is 0.831. The van der Waals surface area contributed by atoms with Gasteiger partial charge in [0, 0.05) is 40.4 Å². The number of rotatable bonds is 8. The maximum Gasteiger partial charge on any atom is 0.487 e. The molecule has 0 saturated carbocycles. The zero-order valence-electron chi connectivity index (χ0n) is 17.7. The summed E-state index contributed by atoms with van der Waals surface area (Å²) in [4.78, 5) is 19.9. The first-order valence-electron chi connectivity index (χ1n) is 9.72. The molecule has 1 aromatic carbocycles. The van der Waals surface area contributed by atoms with Crippen LogP contribution in [0.5, 0.6) is 5.75 Å². The topological polar surface area (TPSA) is 90.8 Å². The molecule has 0 spiro atoms. The lowest BCUT2D eigenvalue weighted by molar-refractivity contribution is -0.118. The molecule has 10 heteroatoms. The third-order valence-corrected chi connectivity index (χ3v) is 5.84. The van der Waals surface area contributed by atoms with Crippen molar-refractivity contribution >= 4 is 40.2 Å². The van der Waals surface area contributed by atoms with Crippen molar-refractivity contribution in [1.82, 2.24) is 15.3 Å². The van der Waals surface area contributed by atoms with Gasteiger partial charge in [0.15, 0.2) is 0 Å². The Morgan fingerprint density at radius 1 is 1.34 bits per heavy atom. The third kappa shape index (κ3) is 5.90. The molecule has 0 unspecified atom stereocenters. The molecule has 3 rings (SSSR count). The molecule has 0 aliphatic rings. The van der Waals surface area contributed by atoms with E-state index in [1.807, 2.05) is 26.8 Å². The number of halogens is 3. The number of alkyl halides is 3. The molecule has 0 bridgehead atoms. The molecule has 0 fully saturated rings. The number of thioether (sulfide) groups is 1. The summed E-state index contributed by atoms with van der Waals surface area (Å²) in [5.74, 6) is -0.115. The number of nitriles is 1. The van der Waals surface area contributed by atoms with E-state index in [1.54, 1.807) is 6.07 Å². The van der Waals surface area contributed by atoms with Gasteiger partial charge in [-0.05, 0) is 62.6 Å². The highest BCUT2D eigenvalue weighted by atomic mass is 35.5. The summed E-state index contributed by atoms with van der Waals surface area (Å²) in [6, 6.07) is 8.51. The molecule has 2 aromatic heterocycles. The maximum absolute atomic E-state index is 13.0. The number of hydrogen-bond donors (Lipinski definition) is 2. The number of hydrogen-bond acceptors (Lipinski definition) is 5. The molecule has 2 heterocycles. The minimum Gasteiger partial charge on any atom is -0.420 e. The Morgan fingerprint density at radius 2 is 2.09 bits per heavy atom. The largest absolute Gasteiger partial charge is 0.487 e. The average molecular weight is 479 g/mol. The number of H-pyrrole nitrogens is 1. The van der Waals surface area contributed by atoms with E-state index < -0.39 is 5.57 Å². The highest BCUT2D eigenvalue weighted by Gasteiger charge is 2.27. The van der Waals surface area contributed by atoms with E-state index in [4.69, 9.17) is 11.6 Å². The minimum absolute atomic E-state index is 0.0487. The molecule has 2 N–H and O–H groups in total. The minimum atomic E-state index is -3.79. The molecular weight excluding hydrogens is 458 g/mol. The molecule has 32 heavy (non-hydrogen) atoms. The molecule has 0 radical (unpaired) electrons. The van der Waals surface area contributed by atoms with Gasteiger partial charge in [-0.15, -0.1) is 8.78 Å². The van der Waals surface area contributed by atoms with E-state index in [-0.39, 0.29) is 17.4 Å². The Bertz CT molecular complexity index is 1200. The van der Waals surface area contributed by atoms with Crippen LogP contribution in [0.25, 0.3) is 10.9 Å². The van der Waals surface area contributed by atoms with E-state index in [0.717, 1.165) is 33.4 Å². The Kier molecular flexibility index (Phi) is 7.26. The highest BCUT2D eigenvalue weighted by Crippen LogP contribution is 2.30. The van der Waals surface area contributed by atoms with Crippen LogP contribution in [-0.2, 0) is 11.2 Å². The first kappa shape index (κ1) is 23.8. The van der Waals surface area contributed by atoms with Gasteiger partial charge in [-0.3, -0.25) is 4.79 Å². The van der Waals surface area contributed by atoms with Crippen LogP contribution in [0.4, 0.5) is 8.78 Å². The zero-order valence-corrected chi connectivity index (χ0v) is 19.3.